The van der Waals surface area contributed by atoms with Crippen molar-refractivity contribution in [2.45, 2.75) is 44.6 Å². The fourth-order valence-electron chi connectivity index (χ4n) is 2.97. The maximum Gasteiger partial charge on any atom is 0.496 e. The molecular weight excluding hydrogens is 397 g/mol. The molecule has 0 radical (unpaired) electrons. The normalized spacial score (nSPS) is 18.3. The zero-order valence-electron chi connectivity index (χ0n) is 16.7. The molecule has 1 N–H and O–H groups in total. The lowest BCUT2D eigenvalue weighted by atomic mass is 9.77. The second-order valence-corrected chi connectivity index (χ2v) is 10.8. The van der Waals surface area contributed by atoms with Crippen LogP contribution in [0, 0.1) is 0 Å². The first-order valence-electron chi connectivity index (χ1n) is 9.05. The third-order valence-electron chi connectivity index (χ3n) is 5.18. The molecule has 0 bridgehead atoms. The van der Waals surface area contributed by atoms with Crippen LogP contribution in [0.5, 0.6) is 0 Å². The number of hydrogen-bond acceptors (Lipinski definition) is 5. The molecule has 0 aliphatic carbocycles. The quantitative estimate of drug-likeness (QED) is 0.741. The molecule has 1 fully saturated rings. The lowest BCUT2D eigenvalue weighted by molar-refractivity contribution is 0.00578. The summed E-state index contributed by atoms with van der Waals surface area (Å²) in [5.41, 5.74) is 2.10. The lowest BCUT2D eigenvalue weighted by Crippen LogP contribution is -2.41. The standard InChI is InChI=1S/C20H25BClNO4S/c1-19(2)20(3,4)27-21(26-19)17-12-14(13-28(5,24)25)6-11-18(17)23-16-9-7-15(22)8-10-16/h6-12,23H,13H2,1-5H3. The molecule has 0 aromatic heterocycles. The molecule has 150 valence electrons. The Balaban J connectivity index is 2.00. The van der Waals surface area contributed by atoms with E-state index >= 15 is 0 Å². The minimum Gasteiger partial charge on any atom is -0.399 e. The van der Waals surface area contributed by atoms with Gasteiger partial charge in [-0.15, -0.1) is 0 Å². The molecule has 0 spiro atoms. The van der Waals surface area contributed by atoms with Crippen LogP contribution in [0.25, 0.3) is 0 Å². The first kappa shape index (κ1) is 21.2. The summed E-state index contributed by atoms with van der Waals surface area (Å²) in [6.45, 7) is 7.94. The average molecular weight is 422 g/mol. The molecule has 0 amide bonds. The summed E-state index contributed by atoms with van der Waals surface area (Å²) in [5.74, 6) is -0.0409. The molecule has 3 rings (SSSR count). The van der Waals surface area contributed by atoms with Gasteiger partial charge < -0.3 is 14.6 Å². The summed E-state index contributed by atoms with van der Waals surface area (Å²) in [6, 6.07) is 12.8. The van der Waals surface area contributed by atoms with Gasteiger partial charge in [0.1, 0.15) is 0 Å². The second-order valence-electron chi connectivity index (χ2n) is 8.21. The highest BCUT2D eigenvalue weighted by atomic mass is 35.5. The van der Waals surface area contributed by atoms with Crippen LogP contribution < -0.4 is 10.8 Å². The first-order valence-corrected chi connectivity index (χ1v) is 11.5. The van der Waals surface area contributed by atoms with Gasteiger partial charge in [-0.25, -0.2) is 8.42 Å². The van der Waals surface area contributed by atoms with E-state index in [1.165, 1.54) is 6.26 Å². The Kier molecular flexibility index (Phi) is 5.58. The van der Waals surface area contributed by atoms with E-state index in [4.69, 9.17) is 20.9 Å². The van der Waals surface area contributed by atoms with Gasteiger partial charge in [-0.2, -0.15) is 0 Å². The van der Waals surface area contributed by atoms with E-state index in [0.717, 1.165) is 16.8 Å². The Morgan fingerprint density at radius 3 is 2.11 bits per heavy atom. The highest BCUT2D eigenvalue weighted by Gasteiger charge is 2.52. The molecule has 1 aliphatic rings. The van der Waals surface area contributed by atoms with Gasteiger partial charge in [-0.05, 0) is 63.6 Å². The second kappa shape index (κ2) is 7.37. The number of anilines is 2. The van der Waals surface area contributed by atoms with Crippen LogP contribution in [0.15, 0.2) is 42.5 Å². The Labute approximate surface area is 172 Å². The van der Waals surface area contributed by atoms with Crippen molar-refractivity contribution in [1.29, 1.82) is 0 Å². The number of hydrogen-bond donors (Lipinski definition) is 1. The minimum absolute atomic E-state index is 0.0409. The highest BCUT2D eigenvalue weighted by molar-refractivity contribution is 7.89. The van der Waals surface area contributed by atoms with Gasteiger partial charge in [0.15, 0.2) is 9.84 Å². The van der Waals surface area contributed by atoms with Gasteiger partial charge in [0.2, 0.25) is 0 Å². The summed E-state index contributed by atoms with van der Waals surface area (Å²) < 4.78 is 35.9. The Hall–Kier alpha value is -1.54. The largest absolute Gasteiger partial charge is 0.496 e. The van der Waals surface area contributed by atoms with E-state index in [0.29, 0.717) is 10.6 Å². The maximum absolute atomic E-state index is 11.8. The summed E-state index contributed by atoms with van der Waals surface area (Å²) in [6.07, 6.45) is 1.22. The summed E-state index contributed by atoms with van der Waals surface area (Å²) in [5, 5.41) is 4.01. The van der Waals surface area contributed by atoms with E-state index in [2.05, 4.69) is 5.32 Å². The molecule has 0 atom stereocenters. The molecule has 1 aliphatic heterocycles. The SMILES string of the molecule is CC1(C)OB(c2cc(CS(C)(=O)=O)ccc2Nc2ccc(Cl)cc2)OC1(C)C. The van der Waals surface area contributed by atoms with Gasteiger partial charge in [0, 0.05) is 28.1 Å². The van der Waals surface area contributed by atoms with Gasteiger partial charge in [0.05, 0.1) is 17.0 Å². The monoisotopic (exact) mass is 421 g/mol. The summed E-state index contributed by atoms with van der Waals surface area (Å²) in [7, 11) is -3.77. The van der Waals surface area contributed by atoms with Gasteiger partial charge in [-0.3, -0.25) is 0 Å². The predicted molar refractivity (Wildman–Crippen MR) is 115 cm³/mol. The first-order chi connectivity index (χ1) is 12.9. The lowest BCUT2D eigenvalue weighted by Gasteiger charge is -2.32. The fourth-order valence-corrected chi connectivity index (χ4v) is 3.88. The predicted octanol–water partition coefficient (Wildman–Crippen LogP) is 3.93. The van der Waals surface area contributed by atoms with E-state index < -0.39 is 28.2 Å². The van der Waals surface area contributed by atoms with E-state index in [9.17, 15) is 8.42 Å². The summed E-state index contributed by atoms with van der Waals surface area (Å²) in [4.78, 5) is 0. The van der Waals surface area contributed by atoms with Crippen LogP contribution in [0.3, 0.4) is 0 Å². The average Bonchev–Trinajstić information content (AvgIpc) is 2.77. The van der Waals surface area contributed by atoms with Crippen LogP contribution in [0.1, 0.15) is 33.3 Å². The van der Waals surface area contributed by atoms with Crippen molar-refractivity contribution in [2.24, 2.45) is 0 Å². The fraction of sp³-hybridized carbons (Fsp3) is 0.400. The van der Waals surface area contributed by atoms with E-state index in [-0.39, 0.29) is 5.75 Å². The topological polar surface area (TPSA) is 64.6 Å². The van der Waals surface area contributed by atoms with E-state index in [1.807, 2.05) is 52.0 Å². The maximum atomic E-state index is 11.8. The highest BCUT2D eigenvalue weighted by Crippen LogP contribution is 2.37. The van der Waals surface area contributed by atoms with Crippen molar-refractivity contribution in [3.05, 3.63) is 53.1 Å². The molecule has 0 saturated carbocycles. The van der Waals surface area contributed by atoms with Crippen molar-refractivity contribution in [2.75, 3.05) is 11.6 Å². The Morgan fingerprint density at radius 1 is 1.00 bits per heavy atom. The van der Waals surface area contributed by atoms with Crippen LogP contribution in [0.2, 0.25) is 5.02 Å². The number of nitrogens with one attached hydrogen (secondary N) is 1. The number of sulfone groups is 1. The van der Waals surface area contributed by atoms with Crippen LogP contribution in [0.4, 0.5) is 11.4 Å². The molecule has 5 nitrogen and oxygen atoms in total. The van der Waals surface area contributed by atoms with Crippen LogP contribution in [-0.4, -0.2) is 33.0 Å². The zero-order chi connectivity index (χ0) is 20.7. The molecule has 2 aromatic carbocycles. The van der Waals surface area contributed by atoms with Gasteiger partial charge in [0.25, 0.3) is 0 Å². The molecule has 2 aromatic rings. The molecule has 28 heavy (non-hydrogen) atoms. The number of benzene rings is 2. The van der Waals surface area contributed by atoms with Gasteiger partial charge >= 0.3 is 7.12 Å². The molecule has 1 saturated heterocycles. The van der Waals surface area contributed by atoms with Crippen molar-refractivity contribution in [3.63, 3.8) is 0 Å². The van der Waals surface area contributed by atoms with Crippen molar-refractivity contribution < 1.29 is 17.7 Å². The summed E-state index contributed by atoms with van der Waals surface area (Å²) >= 11 is 5.97. The molecule has 8 heteroatoms. The third-order valence-corrected chi connectivity index (χ3v) is 6.28. The van der Waals surface area contributed by atoms with E-state index in [1.54, 1.807) is 18.2 Å². The molecule has 0 unspecified atom stereocenters. The van der Waals surface area contributed by atoms with Crippen molar-refractivity contribution >= 4 is 45.4 Å². The number of halogens is 1. The van der Waals surface area contributed by atoms with Crippen molar-refractivity contribution in [3.8, 4) is 0 Å². The molecule has 1 heterocycles. The minimum atomic E-state index is -3.16. The van der Waals surface area contributed by atoms with Crippen molar-refractivity contribution in [1.82, 2.24) is 0 Å². The smallest absolute Gasteiger partial charge is 0.399 e. The third kappa shape index (κ3) is 4.71. The van der Waals surface area contributed by atoms with Crippen LogP contribution >= 0.6 is 11.6 Å². The zero-order valence-corrected chi connectivity index (χ0v) is 18.3. The molecular formula is C20H25BClNO4S. The van der Waals surface area contributed by atoms with Gasteiger partial charge in [-0.1, -0.05) is 23.7 Å². The van der Waals surface area contributed by atoms with Crippen LogP contribution in [-0.2, 0) is 24.9 Å². The Morgan fingerprint density at radius 2 is 1.57 bits per heavy atom. The Bertz CT molecular complexity index is 958. The number of rotatable bonds is 5.